The van der Waals surface area contributed by atoms with Crippen LogP contribution in [0.1, 0.15) is 37.4 Å². The first kappa shape index (κ1) is 12.0. The van der Waals surface area contributed by atoms with Crippen molar-refractivity contribution in [2.24, 2.45) is 14.1 Å². The number of pyridine rings is 1. The molecule has 0 radical (unpaired) electrons. The van der Waals surface area contributed by atoms with Gasteiger partial charge in [-0.2, -0.15) is 0 Å². The fourth-order valence-electron chi connectivity index (χ4n) is 4.33. The fourth-order valence-corrected chi connectivity index (χ4v) is 4.33. The van der Waals surface area contributed by atoms with Crippen LogP contribution in [-0.4, -0.2) is 10.6 Å². The summed E-state index contributed by atoms with van der Waals surface area (Å²) >= 11 is 0. The minimum absolute atomic E-state index is 0.282. The normalized spacial score (nSPS) is 30.9. The molecule has 2 bridgehead atoms. The molecule has 1 fully saturated rings. The lowest BCUT2D eigenvalue weighted by Gasteiger charge is -2.33. The molecule has 1 saturated heterocycles. The summed E-state index contributed by atoms with van der Waals surface area (Å²) in [5, 5.41) is 0. The van der Waals surface area contributed by atoms with E-state index < -0.39 is 0 Å². The third-order valence-electron chi connectivity index (χ3n) is 5.55. The van der Waals surface area contributed by atoms with Crippen LogP contribution in [0.4, 0.5) is 5.82 Å². The number of aryl methyl sites for hydroxylation is 2. The fraction of sp³-hybridized carbons (Fsp3) is 0.471. The zero-order valence-corrected chi connectivity index (χ0v) is 12.7. The van der Waals surface area contributed by atoms with E-state index in [0.29, 0.717) is 12.1 Å². The van der Waals surface area contributed by atoms with Crippen LogP contribution in [0.5, 0.6) is 0 Å². The van der Waals surface area contributed by atoms with E-state index in [9.17, 15) is 0 Å². The summed E-state index contributed by atoms with van der Waals surface area (Å²) in [7, 11) is 4.28. The third-order valence-corrected chi connectivity index (χ3v) is 5.55. The van der Waals surface area contributed by atoms with E-state index in [2.05, 4.69) is 78.8 Å². The largest absolute Gasteiger partial charge is 0.357 e. The number of aromatic nitrogens is 2. The van der Waals surface area contributed by atoms with E-state index >= 15 is 0 Å². The van der Waals surface area contributed by atoms with E-state index in [-0.39, 0.29) is 5.41 Å². The highest BCUT2D eigenvalue weighted by molar-refractivity contribution is 5.56. The zero-order valence-electron chi connectivity index (χ0n) is 12.7. The summed E-state index contributed by atoms with van der Waals surface area (Å²) in [5.74, 6) is 1.32. The molecular weight excluding hydrogens is 246 g/mol. The standard InChI is InChI=1S/C17H22N3/c1-12-17(2)9-15(13-10-18(3)11-14(13)17)20(12)16-7-5-6-8-19(16)4/h5-8,10-12,15H,9H2,1-4H3/q+1. The molecule has 3 heteroatoms. The van der Waals surface area contributed by atoms with Crippen molar-refractivity contribution in [1.82, 2.24) is 4.57 Å². The highest BCUT2D eigenvalue weighted by atomic mass is 15.3. The Labute approximate surface area is 120 Å². The van der Waals surface area contributed by atoms with Crippen molar-refractivity contribution in [1.29, 1.82) is 0 Å². The first-order valence-corrected chi connectivity index (χ1v) is 7.42. The molecule has 0 aromatic carbocycles. The van der Waals surface area contributed by atoms with E-state index in [0.717, 1.165) is 0 Å². The molecule has 1 aliphatic heterocycles. The summed E-state index contributed by atoms with van der Waals surface area (Å²) in [4.78, 5) is 2.61. The molecule has 0 amide bonds. The molecular formula is C17H22N3+. The van der Waals surface area contributed by atoms with Gasteiger partial charge in [0.15, 0.2) is 0 Å². The Morgan fingerprint density at radius 3 is 2.85 bits per heavy atom. The van der Waals surface area contributed by atoms with Gasteiger partial charge in [0.2, 0.25) is 0 Å². The maximum atomic E-state index is 2.61. The van der Waals surface area contributed by atoms with Gasteiger partial charge >= 0.3 is 0 Å². The molecule has 2 aromatic heterocycles. The Kier molecular flexibility index (Phi) is 2.20. The van der Waals surface area contributed by atoms with Crippen LogP contribution in [0.15, 0.2) is 36.8 Å². The Hall–Kier alpha value is -1.77. The summed E-state index contributed by atoms with van der Waals surface area (Å²) in [6.45, 7) is 4.81. The van der Waals surface area contributed by atoms with Crippen LogP contribution in [-0.2, 0) is 19.5 Å². The molecule has 0 N–H and O–H groups in total. The van der Waals surface area contributed by atoms with Gasteiger partial charge < -0.3 is 4.57 Å². The Morgan fingerprint density at radius 2 is 2.10 bits per heavy atom. The van der Waals surface area contributed by atoms with E-state index in [1.165, 1.54) is 17.8 Å². The molecule has 1 aliphatic carbocycles. The molecule has 3 heterocycles. The first-order chi connectivity index (χ1) is 9.52. The van der Waals surface area contributed by atoms with Crippen LogP contribution in [0, 0.1) is 0 Å². The van der Waals surface area contributed by atoms with Crippen molar-refractivity contribution in [2.75, 3.05) is 4.90 Å². The zero-order chi connectivity index (χ0) is 14.1. The lowest BCUT2D eigenvalue weighted by Crippen LogP contribution is -2.47. The highest BCUT2D eigenvalue weighted by Crippen LogP contribution is 2.58. The Balaban J connectivity index is 1.88. The molecule has 0 saturated carbocycles. The van der Waals surface area contributed by atoms with Gasteiger partial charge in [0.25, 0.3) is 5.82 Å². The van der Waals surface area contributed by atoms with Crippen molar-refractivity contribution in [2.45, 2.75) is 37.8 Å². The summed E-state index contributed by atoms with van der Waals surface area (Å²) in [6.07, 6.45) is 8.03. The van der Waals surface area contributed by atoms with E-state index in [4.69, 9.17) is 0 Å². The molecule has 4 rings (SSSR count). The smallest absolute Gasteiger partial charge is 0.277 e. The average Bonchev–Trinajstić information content (AvgIpc) is 2.99. The molecule has 104 valence electrons. The summed E-state index contributed by atoms with van der Waals surface area (Å²) in [6, 6.07) is 7.54. The monoisotopic (exact) mass is 268 g/mol. The van der Waals surface area contributed by atoms with Gasteiger partial charge in [-0.05, 0) is 18.6 Å². The molecule has 3 nitrogen and oxygen atoms in total. The second-order valence-corrected chi connectivity index (χ2v) is 6.68. The SMILES string of the molecule is CC1N(c2cccc[n+]2C)C2CC1(C)c1cn(C)cc12. The van der Waals surface area contributed by atoms with E-state index in [1.807, 2.05) is 0 Å². The molecule has 0 spiro atoms. The summed E-state index contributed by atoms with van der Waals surface area (Å²) in [5.41, 5.74) is 3.37. The number of fused-ring (bicyclic) bond motifs is 5. The highest BCUT2D eigenvalue weighted by Gasteiger charge is 2.60. The predicted molar refractivity (Wildman–Crippen MR) is 79.7 cm³/mol. The Bertz CT molecular complexity index is 687. The van der Waals surface area contributed by atoms with Crippen LogP contribution in [0.2, 0.25) is 0 Å². The minimum Gasteiger partial charge on any atom is -0.357 e. The van der Waals surface area contributed by atoms with Crippen molar-refractivity contribution in [3.8, 4) is 0 Å². The number of hydrogen-bond acceptors (Lipinski definition) is 1. The van der Waals surface area contributed by atoms with Gasteiger partial charge in [0.1, 0.15) is 12.1 Å². The van der Waals surface area contributed by atoms with Gasteiger partial charge in [-0.25, -0.2) is 4.57 Å². The number of rotatable bonds is 1. The number of anilines is 1. The third kappa shape index (κ3) is 1.28. The van der Waals surface area contributed by atoms with Gasteiger partial charge in [0, 0.05) is 42.9 Å². The second-order valence-electron chi connectivity index (χ2n) is 6.68. The van der Waals surface area contributed by atoms with Crippen molar-refractivity contribution in [3.63, 3.8) is 0 Å². The lowest BCUT2D eigenvalue weighted by atomic mass is 9.80. The maximum Gasteiger partial charge on any atom is 0.277 e. The van der Waals surface area contributed by atoms with Crippen LogP contribution in [0.25, 0.3) is 0 Å². The quantitative estimate of drug-likeness (QED) is 0.724. The van der Waals surface area contributed by atoms with Crippen molar-refractivity contribution in [3.05, 3.63) is 47.9 Å². The Morgan fingerprint density at radius 1 is 1.30 bits per heavy atom. The van der Waals surface area contributed by atoms with Crippen molar-refractivity contribution < 1.29 is 4.57 Å². The van der Waals surface area contributed by atoms with Gasteiger partial charge in [0.05, 0.1) is 13.2 Å². The molecule has 2 aromatic rings. The molecule has 20 heavy (non-hydrogen) atoms. The predicted octanol–water partition coefficient (Wildman–Crippen LogP) is 2.46. The average molecular weight is 268 g/mol. The van der Waals surface area contributed by atoms with Crippen molar-refractivity contribution >= 4 is 5.82 Å². The van der Waals surface area contributed by atoms with Crippen LogP contribution < -0.4 is 9.47 Å². The molecule has 2 aliphatic rings. The van der Waals surface area contributed by atoms with Crippen LogP contribution >= 0.6 is 0 Å². The van der Waals surface area contributed by atoms with E-state index in [1.54, 1.807) is 5.56 Å². The minimum atomic E-state index is 0.282. The first-order valence-electron chi connectivity index (χ1n) is 7.42. The van der Waals surface area contributed by atoms with Gasteiger partial charge in [-0.1, -0.05) is 13.0 Å². The second kappa shape index (κ2) is 3.66. The number of nitrogens with zero attached hydrogens (tertiary/aromatic N) is 3. The summed E-state index contributed by atoms with van der Waals surface area (Å²) < 4.78 is 4.46. The van der Waals surface area contributed by atoms with Gasteiger partial charge in [-0.3, -0.25) is 4.90 Å². The van der Waals surface area contributed by atoms with Gasteiger partial charge in [-0.15, -0.1) is 0 Å². The topological polar surface area (TPSA) is 12.1 Å². The number of hydrogen-bond donors (Lipinski definition) is 0. The maximum absolute atomic E-state index is 2.61. The lowest BCUT2D eigenvalue weighted by molar-refractivity contribution is -0.659. The molecule has 3 atom stereocenters. The van der Waals surface area contributed by atoms with Crippen LogP contribution in [0.3, 0.4) is 0 Å². The molecule has 3 unspecified atom stereocenters.